The zero-order chi connectivity index (χ0) is 25.1. The normalized spacial score (nSPS) is 20.4. The Morgan fingerprint density at radius 2 is 1.83 bits per heavy atom. The number of benzene rings is 2. The van der Waals surface area contributed by atoms with E-state index >= 15 is 0 Å². The van der Waals surface area contributed by atoms with Gasteiger partial charge in [-0.25, -0.2) is 4.99 Å². The predicted octanol–water partition coefficient (Wildman–Crippen LogP) is 5.87. The molecule has 0 bridgehead atoms. The van der Waals surface area contributed by atoms with Gasteiger partial charge < -0.3 is 14.4 Å². The number of ketones is 2. The molecule has 184 valence electrons. The molecule has 1 atom stereocenters. The summed E-state index contributed by atoms with van der Waals surface area (Å²) in [5, 5.41) is 15.1. The molecule has 7 heteroatoms. The number of methoxy groups -OCH3 is 1. The van der Waals surface area contributed by atoms with Crippen LogP contribution < -0.4 is 4.74 Å². The summed E-state index contributed by atoms with van der Waals surface area (Å²) < 4.78 is 10.9. The van der Waals surface area contributed by atoms with Crippen LogP contribution in [0.15, 0.2) is 75.4 Å². The quantitative estimate of drug-likeness (QED) is 0.347. The summed E-state index contributed by atoms with van der Waals surface area (Å²) in [6.07, 6.45) is 3.10. The fraction of sp³-hybridized carbons (Fsp3) is 0.310. The van der Waals surface area contributed by atoms with Crippen molar-refractivity contribution in [2.24, 2.45) is 4.99 Å². The lowest BCUT2D eigenvalue weighted by molar-refractivity contribution is -0.115. The van der Waals surface area contributed by atoms with Gasteiger partial charge in [0.25, 0.3) is 0 Å². The number of carbonyl (C=O) groups is 2. The van der Waals surface area contributed by atoms with E-state index in [1.54, 1.807) is 13.2 Å². The number of carbonyl (C=O) groups excluding carboxylic acids is 2. The Bertz CT molecular complexity index is 1350. The smallest absolute Gasteiger partial charge is 0.168 e. The number of aryl methyl sites for hydroxylation is 1. The van der Waals surface area contributed by atoms with Crippen molar-refractivity contribution in [2.75, 3.05) is 7.11 Å². The minimum Gasteiger partial charge on any atom is -0.511 e. The zero-order valence-corrected chi connectivity index (χ0v) is 20.2. The van der Waals surface area contributed by atoms with Crippen LogP contribution in [0.2, 0.25) is 0 Å². The van der Waals surface area contributed by atoms with E-state index < -0.39 is 0 Å². The number of hydrogen-bond acceptors (Lipinski definition) is 7. The van der Waals surface area contributed by atoms with Gasteiger partial charge in [-0.15, -0.1) is 0 Å². The van der Waals surface area contributed by atoms with Crippen LogP contribution in [0.1, 0.15) is 65.4 Å². The molecule has 1 unspecified atom stereocenters. The van der Waals surface area contributed by atoms with Crippen LogP contribution in [0.3, 0.4) is 0 Å². The highest BCUT2D eigenvalue weighted by Crippen LogP contribution is 2.35. The minimum absolute atomic E-state index is 0.000614. The Balaban J connectivity index is 1.37. The van der Waals surface area contributed by atoms with E-state index in [4.69, 9.17) is 9.26 Å². The summed E-state index contributed by atoms with van der Waals surface area (Å²) >= 11 is 0. The third-order valence-electron chi connectivity index (χ3n) is 6.86. The van der Waals surface area contributed by atoms with Crippen LogP contribution in [0, 0.1) is 0 Å². The largest absolute Gasteiger partial charge is 0.511 e. The SMILES string of the molecule is COc1ccccc1N=C1CCCC(=O)C1=C(O)CCc1noc2c1C(=O)CC(c1ccccc1)C2. The summed E-state index contributed by atoms with van der Waals surface area (Å²) in [6, 6.07) is 17.3. The van der Waals surface area contributed by atoms with E-state index in [-0.39, 0.29) is 35.2 Å². The standard InChI is InChI=1S/C29H28N2O5/c1-35-26-13-6-5-10-20(26)30-21-11-7-12-23(32)28(21)24(33)15-14-22-29-25(34)16-19(17-27(29)36-31-22)18-8-3-2-4-9-18/h2-6,8-10,13,19,33H,7,11-12,14-17H2,1H3. The first kappa shape index (κ1) is 23.7. The molecule has 7 nitrogen and oxygen atoms in total. The fourth-order valence-electron chi connectivity index (χ4n) is 5.07. The van der Waals surface area contributed by atoms with E-state index in [2.05, 4.69) is 10.1 Å². The lowest BCUT2D eigenvalue weighted by Gasteiger charge is -2.20. The number of nitrogens with zero attached hydrogens (tertiary/aromatic N) is 2. The molecule has 0 radical (unpaired) electrons. The van der Waals surface area contributed by atoms with Crippen molar-refractivity contribution >= 4 is 23.0 Å². The van der Waals surface area contributed by atoms with E-state index in [1.807, 2.05) is 48.5 Å². The number of fused-ring (bicyclic) bond motifs is 1. The first-order valence-corrected chi connectivity index (χ1v) is 12.3. The molecule has 2 aromatic carbocycles. The number of hydrogen-bond donors (Lipinski definition) is 1. The second-order valence-electron chi connectivity index (χ2n) is 9.20. The average molecular weight is 485 g/mol. The first-order chi connectivity index (χ1) is 17.5. The summed E-state index contributed by atoms with van der Waals surface area (Å²) in [6.45, 7) is 0. The molecule has 1 saturated carbocycles. The maximum Gasteiger partial charge on any atom is 0.168 e. The van der Waals surface area contributed by atoms with Crippen LogP contribution in [-0.4, -0.2) is 34.7 Å². The number of ether oxygens (including phenoxy) is 1. The third kappa shape index (κ3) is 4.73. The molecule has 3 aromatic rings. The van der Waals surface area contributed by atoms with Gasteiger partial charge >= 0.3 is 0 Å². The maximum absolute atomic E-state index is 13.0. The van der Waals surface area contributed by atoms with Crippen LogP contribution in [0.4, 0.5) is 5.69 Å². The Morgan fingerprint density at radius 3 is 2.64 bits per heavy atom. The molecule has 0 saturated heterocycles. The van der Waals surface area contributed by atoms with Crippen molar-refractivity contribution in [1.82, 2.24) is 5.16 Å². The van der Waals surface area contributed by atoms with Crippen LogP contribution in [0.25, 0.3) is 0 Å². The highest BCUT2D eigenvalue weighted by molar-refractivity contribution is 6.24. The van der Waals surface area contributed by atoms with Crippen molar-refractivity contribution in [3.8, 4) is 5.75 Å². The number of aliphatic imine (C=N–C) groups is 1. The van der Waals surface area contributed by atoms with Crippen LogP contribution >= 0.6 is 0 Å². The fourth-order valence-corrected chi connectivity index (χ4v) is 5.07. The predicted molar refractivity (Wildman–Crippen MR) is 135 cm³/mol. The number of aliphatic hydroxyl groups is 1. The summed E-state index contributed by atoms with van der Waals surface area (Å²) in [7, 11) is 1.57. The van der Waals surface area contributed by atoms with E-state index in [0.29, 0.717) is 72.7 Å². The van der Waals surface area contributed by atoms with Gasteiger partial charge in [0.05, 0.1) is 29.7 Å². The molecule has 1 N–H and O–H groups in total. The van der Waals surface area contributed by atoms with Gasteiger partial charge in [-0.3, -0.25) is 9.59 Å². The molecule has 5 rings (SSSR count). The Kier molecular flexibility index (Phi) is 6.80. The Hall–Kier alpha value is -4.00. The lowest BCUT2D eigenvalue weighted by atomic mass is 9.81. The molecule has 0 spiro atoms. The van der Waals surface area contributed by atoms with Gasteiger partial charge in [-0.05, 0) is 36.5 Å². The van der Waals surface area contributed by atoms with Crippen LogP contribution in [0.5, 0.6) is 5.75 Å². The van der Waals surface area contributed by atoms with Crippen molar-refractivity contribution in [3.05, 3.63) is 88.5 Å². The molecule has 0 amide bonds. The number of para-hydroxylation sites is 2. The molecule has 1 aromatic heterocycles. The molecular weight excluding hydrogens is 456 g/mol. The highest BCUT2D eigenvalue weighted by atomic mass is 16.5. The van der Waals surface area contributed by atoms with E-state index in [9.17, 15) is 14.7 Å². The van der Waals surface area contributed by atoms with E-state index in [1.165, 1.54) is 0 Å². The first-order valence-electron chi connectivity index (χ1n) is 12.3. The lowest BCUT2D eigenvalue weighted by Crippen LogP contribution is -2.21. The average Bonchev–Trinajstić information content (AvgIpc) is 3.32. The number of aromatic nitrogens is 1. The number of Topliss-reactive ketones (excluding diaryl/α,β-unsaturated/α-hetero) is 2. The number of allylic oxidation sites excluding steroid dienone is 2. The molecular formula is C29H28N2O5. The molecule has 0 aliphatic heterocycles. The van der Waals surface area contributed by atoms with Crippen molar-refractivity contribution in [3.63, 3.8) is 0 Å². The number of aliphatic hydroxyl groups excluding tert-OH is 1. The van der Waals surface area contributed by atoms with Gasteiger partial charge in [0.2, 0.25) is 0 Å². The summed E-state index contributed by atoms with van der Waals surface area (Å²) in [4.78, 5) is 30.5. The molecule has 36 heavy (non-hydrogen) atoms. The molecule has 2 aliphatic carbocycles. The second kappa shape index (κ2) is 10.3. The highest BCUT2D eigenvalue weighted by Gasteiger charge is 2.33. The van der Waals surface area contributed by atoms with Crippen molar-refractivity contribution in [1.29, 1.82) is 0 Å². The topological polar surface area (TPSA) is 102 Å². The van der Waals surface area contributed by atoms with Crippen molar-refractivity contribution < 1.29 is 24.0 Å². The van der Waals surface area contributed by atoms with Gasteiger partial charge in [0.1, 0.15) is 23.0 Å². The van der Waals surface area contributed by atoms with Gasteiger partial charge in [-0.2, -0.15) is 0 Å². The molecule has 1 fully saturated rings. The Labute approximate surface area is 209 Å². The third-order valence-corrected chi connectivity index (χ3v) is 6.86. The Morgan fingerprint density at radius 1 is 1.06 bits per heavy atom. The van der Waals surface area contributed by atoms with E-state index in [0.717, 1.165) is 5.56 Å². The monoisotopic (exact) mass is 484 g/mol. The van der Waals surface area contributed by atoms with Gasteiger partial charge in [-0.1, -0.05) is 47.6 Å². The van der Waals surface area contributed by atoms with Gasteiger partial charge in [0, 0.05) is 32.1 Å². The maximum atomic E-state index is 13.0. The van der Waals surface area contributed by atoms with Crippen molar-refractivity contribution in [2.45, 2.75) is 50.9 Å². The molecule has 2 aliphatic rings. The van der Waals surface area contributed by atoms with Crippen LogP contribution in [-0.2, 0) is 17.6 Å². The second-order valence-corrected chi connectivity index (χ2v) is 9.20. The van der Waals surface area contributed by atoms with Gasteiger partial charge in [0.15, 0.2) is 11.6 Å². The summed E-state index contributed by atoms with van der Waals surface area (Å²) in [5.74, 6) is 1.10. The number of rotatable bonds is 6. The summed E-state index contributed by atoms with van der Waals surface area (Å²) in [5.41, 5.74) is 3.59. The molecule has 1 heterocycles. The zero-order valence-electron chi connectivity index (χ0n) is 20.2. The minimum atomic E-state index is -0.128.